The molecule has 0 aliphatic carbocycles. The third-order valence-corrected chi connectivity index (χ3v) is 4.60. The van der Waals surface area contributed by atoms with Crippen LogP contribution in [0.15, 0.2) is 20.7 Å². The van der Waals surface area contributed by atoms with E-state index in [-0.39, 0.29) is 5.56 Å². The molecule has 92 valence electrons. The molecule has 0 fully saturated rings. The van der Waals surface area contributed by atoms with Gasteiger partial charge in [-0.3, -0.25) is 4.79 Å². The molecule has 0 aromatic carbocycles. The van der Waals surface area contributed by atoms with Crippen LogP contribution in [-0.2, 0) is 5.75 Å². The molecule has 0 saturated heterocycles. The van der Waals surface area contributed by atoms with Gasteiger partial charge in [-0.1, -0.05) is 34.4 Å². The van der Waals surface area contributed by atoms with Crippen molar-refractivity contribution in [2.45, 2.75) is 10.1 Å². The zero-order valence-electron chi connectivity index (χ0n) is 8.81. The van der Waals surface area contributed by atoms with Gasteiger partial charge >= 0.3 is 0 Å². The van der Waals surface area contributed by atoms with E-state index in [9.17, 15) is 4.79 Å². The van der Waals surface area contributed by atoms with Crippen LogP contribution in [0.2, 0.25) is 0 Å². The second-order valence-electron chi connectivity index (χ2n) is 3.21. The molecule has 0 aliphatic heterocycles. The lowest BCUT2D eigenvalue weighted by molar-refractivity contribution is 0.888. The highest BCUT2D eigenvalue weighted by molar-refractivity contribution is 8.00. The van der Waals surface area contributed by atoms with E-state index in [1.807, 2.05) is 0 Å². The lowest BCUT2D eigenvalue weighted by Crippen LogP contribution is -2.14. The molecule has 10 heteroatoms. The van der Waals surface area contributed by atoms with Crippen molar-refractivity contribution in [1.82, 2.24) is 24.8 Å². The first-order valence-corrected chi connectivity index (χ1v) is 7.45. The molecule has 0 aliphatic rings. The molecule has 3 aromatic rings. The predicted molar refractivity (Wildman–Crippen MR) is 71.0 cm³/mol. The van der Waals surface area contributed by atoms with Crippen molar-refractivity contribution >= 4 is 44.5 Å². The van der Waals surface area contributed by atoms with Gasteiger partial charge in [0, 0.05) is 11.8 Å². The Balaban J connectivity index is 1.84. The van der Waals surface area contributed by atoms with Crippen LogP contribution in [-0.4, -0.2) is 24.8 Å². The van der Waals surface area contributed by atoms with Gasteiger partial charge in [-0.05, 0) is 0 Å². The van der Waals surface area contributed by atoms with Crippen LogP contribution in [0.25, 0.3) is 4.96 Å². The van der Waals surface area contributed by atoms with Crippen LogP contribution in [0.3, 0.4) is 0 Å². The van der Waals surface area contributed by atoms with E-state index in [0.717, 1.165) is 4.34 Å². The minimum Gasteiger partial charge on any atom is -0.374 e. The minimum absolute atomic E-state index is 0.173. The van der Waals surface area contributed by atoms with Gasteiger partial charge in [0.25, 0.3) is 5.56 Å². The van der Waals surface area contributed by atoms with E-state index >= 15 is 0 Å². The van der Waals surface area contributed by atoms with Crippen molar-refractivity contribution in [3.05, 3.63) is 27.6 Å². The number of nitrogen functional groups attached to an aromatic ring is 1. The first-order chi connectivity index (χ1) is 8.72. The van der Waals surface area contributed by atoms with E-state index in [1.54, 1.807) is 5.51 Å². The maximum atomic E-state index is 11.7. The van der Waals surface area contributed by atoms with Crippen LogP contribution in [0.4, 0.5) is 5.13 Å². The average Bonchev–Trinajstić information content (AvgIpc) is 2.95. The molecule has 18 heavy (non-hydrogen) atoms. The molecule has 0 unspecified atom stereocenters. The highest BCUT2D eigenvalue weighted by atomic mass is 32.2. The average molecular weight is 298 g/mol. The number of hydrogen-bond donors (Lipinski definition) is 1. The molecule has 7 nitrogen and oxygen atoms in total. The van der Waals surface area contributed by atoms with E-state index in [0.29, 0.717) is 21.5 Å². The van der Waals surface area contributed by atoms with Gasteiger partial charge in [0.05, 0.1) is 5.69 Å². The van der Waals surface area contributed by atoms with E-state index in [1.165, 1.54) is 45.0 Å². The number of fused-ring (bicyclic) bond motifs is 1. The fourth-order valence-electron chi connectivity index (χ4n) is 1.29. The van der Waals surface area contributed by atoms with Crippen molar-refractivity contribution in [3.8, 4) is 0 Å². The Kier molecular flexibility index (Phi) is 2.97. The van der Waals surface area contributed by atoms with Gasteiger partial charge in [0.1, 0.15) is 5.51 Å². The number of aromatic nitrogens is 5. The Morgan fingerprint density at radius 2 is 2.33 bits per heavy atom. The van der Waals surface area contributed by atoms with Crippen molar-refractivity contribution in [3.63, 3.8) is 0 Å². The summed E-state index contributed by atoms with van der Waals surface area (Å²) in [6.07, 6.45) is 0. The van der Waals surface area contributed by atoms with Crippen LogP contribution in [0.1, 0.15) is 5.69 Å². The highest BCUT2D eigenvalue weighted by Gasteiger charge is 2.07. The maximum Gasteiger partial charge on any atom is 0.275 e. The third-order valence-electron chi connectivity index (χ3n) is 2.01. The van der Waals surface area contributed by atoms with Crippen LogP contribution < -0.4 is 11.3 Å². The van der Waals surface area contributed by atoms with Gasteiger partial charge in [-0.2, -0.15) is 9.61 Å². The summed E-state index contributed by atoms with van der Waals surface area (Å²) in [4.78, 5) is 16.6. The molecule has 0 bridgehead atoms. The number of nitrogens with zero attached hydrogens (tertiary/aromatic N) is 5. The van der Waals surface area contributed by atoms with Crippen molar-refractivity contribution < 1.29 is 0 Å². The first-order valence-electron chi connectivity index (χ1n) is 4.76. The Morgan fingerprint density at radius 3 is 3.11 bits per heavy atom. The Labute approximate surface area is 113 Å². The maximum absolute atomic E-state index is 11.7. The van der Waals surface area contributed by atoms with Crippen LogP contribution in [0, 0.1) is 0 Å². The standard InChI is InChI=1S/C8H6N6OS3/c9-6-12-13-8(18-6)16-2-4-1-5(15)14-7(11-4)17-3-10-14/h1,3H,2H2,(H2,9,12). The monoisotopic (exact) mass is 298 g/mol. The lowest BCUT2D eigenvalue weighted by atomic mass is 10.4. The number of nitrogens with two attached hydrogens (primary N) is 1. The van der Waals surface area contributed by atoms with Crippen LogP contribution in [0.5, 0.6) is 0 Å². The second-order valence-corrected chi connectivity index (χ2v) is 6.26. The van der Waals surface area contributed by atoms with E-state index in [2.05, 4.69) is 20.3 Å². The summed E-state index contributed by atoms with van der Waals surface area (Å²) in [5, 5.41) is 11.9. The fraction of sp³-hybridized carbons (Fsp3) is 0.125. The summed E-state index contributed by atoms with van der Waals surface area (Å²) in [5.74, 6) is 0.554. The Hall–Kier alpha value is -1.52. The number of anilines is 1. The highest BCUT2D eigenvalue weighted by Crippen LogP contribution is 2.26. The molecule has 3 heterocycles. The summed E-state index contributed by atoms with van der Waals surface area (Å²) >= 11 is 4.09. The number of rotatable bonds is 3. The molecule has 3 rings (SSSR count). The van der Waals surface area contributed by atoms with Crippen molar-refractivity contribution in [2.75, 3.05) is 5.73 Å². The summed E-state index contributed by atoms with van der Waals surface area (Å²) in [7, 11) is 0. The van der Waals surface area contributed by atoms with Gasteiger partial charge < -0.3 is 5.73 Å². The lowest BCUT2D eigenvalue weighted by Gasteiger charge is -1.97. The predicted octanol–water partition coefficient (Wildman–Crippen LogP) is 0.877. The molecule has 2 N–H and O–H groups in total. The molecule has 0 radical (unpaired) electrons. The number of hydrogen-bond acceptors (Lipinski definition) is 9. The minimum atomic E-state index is -0.173. The van der Waals surface area contributed by atoms with Gasteiger partial charge in [0.2, 0.25) is 10.1 Å². The summed E-state index contributed by atoms with van der Waals surface area (Å²) < 4.78 is 2.04. The van der Waals surface area contributed by atoms with Gasteiger partial charge in [0.15, 0.2) is 4.34 Å². The quantitative estimate of drug-likeness (QED) is 0.716. The smallest absolute Gasteiger partial charge is 0.275 e. The number of thioether (sulfide) groups is 1. The summed E-state index contributed by atoms with van der Waals surface area (Å²) in [6.45, 7) is 0. The fourth-order valence-corrected chi connectivity index (χ4v) is 3.46. The van der Waals surface area contributed by atoms with Crippen molar-refractivity contribution in [1.29, 1.82) is 0 Å². The molecule has 0 spiro atoms. The molecular weight excluding hydrogens is 292 g/mol. The molecule has 0 atom stereocenters. The normalized spacial score (nSPS) is 11.1. The summed E-state index contributed by atoms with van der Waals surface area (Å²) in [6, 6.07) is 1.48. The van der Waals surface area contributed by atoms with E-state index in [4.69, 9.17) is 5.73 Å². The first kappa shape index (κ1) is 11.6. The van der Waals surface area contributed by atoms with E-state index < -0.39 is 0 Å². The Bertz CT molecular complexity index is 746. The largest absolute Gasteiger partial charge is 0.374 e. The van der Waals surface area contributed by atoms with Gasteiger partial charge in [-0.25, -0.2) is 4.98 Å². The Morgan fingerprint density at radius 1 is 1.44 bits per heavy atom. The SMILES string of the molecule is Nc1nnc(SCc2cc(=O)n3ncsc3n2)s1. The zero-order chi connectivity index (χ0) is 12.5. The molecule has 0 amide bonds. The summed E-state index contributed by atoms with van der Waals surface area (Å²) in [5.41, 5.74) is 7.60. The third kappa shape index (κ3) is 2.21. The molecule has 3 aromatic heterocycles. The van der Waals surface area contributed by atoms with Crippen molar-refractivity contribution in [2.24, 2.45) is 0 Å². The van der Waals surface area contributed by atoms with Crippen LogP contribution >= 0.6 is 34.4 Å². The second kappa shape index (κ2) is 4.63. The zero-order valence-corrected chi connectivity index (χ0v) is 11.3. The topological polar surface area (TPSA) is 99.1 Å². The molecule has 0 saturated carbocycles. The molecular formula is C8H6N6OS3. The van der Waals surface area contributed by atoms with Gasteiger partial charge in [-0.15, -0.1) is 10.2 Å².